The van der Waals surface area contributed by atoms with E-state index in [-0.39, 0.29) is 5.91 Å². The molecule has 0 saturated heterocycles. The molecule has 3 aromatic rings. The fraction of sp³-hybridized carbons (Fsp3) is 0.304. The number of imidazole rings is 1. The number of rotatable bonds is 5. The van der Waals surface area contributed by atoms with Gasteiger partial charge in [-0.1, -0.05) is 30.3 Å². The van der Waals surface area contributed by atoms with Gasteiger partial charge in [0.2, 0.25) is 5.91 Å². The average molecular weight is 392 g/mol. The van der Waals surface area contributed by atoms with Crippen LogP contribution in [0.3, 0.4) is 0 Å². The molecule has 0 saturated carbocycles. The zero-order valence-corrected chi connectivity index (χ0v) is 17.2. The molecule has 1 aliphatic rings. The maximum atomic E-state index is 12.5. The minimum atomic E-state index is 0.0360. The molecule has 1 N–H and O–H groups in total. The largest absolute Gasteiger partial charge is 0.356 e. The standard InChI is InChI=1S/C23H25N3OS/c1-3-24-22(27)15-20-23(17-11-13-18(28-2)14-12-17)25-21-10-6-8-16-7-4-5-9-19(16)26(20)21/h4-5,7,9,11-14H,3,6,8,10,15H2,1-2H3,(H,24,27). The molecule has 0 spiro atoms. The van der Waals surface area contributed by atoms with Gasteiger partial charge in [-0.05, 0) is 49.8 Å². The number of hydrogen-bond donors (Lipinski definition) is 1. The summed E-state index contributed by atoms with van der Waals surface area (Å²) in [6, 6.07) is 17.0. The van der Waals surface area contributed by atoms with E-state index in [4.69, 9.17) is 4.98 Å². The van der Waals surface area contributed by atoms with E-state index in [1.54, 1.807) is 11.8 Å². The van der Waals surface area contributed by atoms with Gasteiger partial charge in [-0.2, -0.15) is 0 Å². The molecular weight excluding hydrogens is 366 g/mol. The normalized spacial score (nSPS) is 12.8. The Kier molecular flexibility index (Phi) is 5.53. The Labute approximate surface area is 170 Å². The Balaban J connectivity index is 1.89. The van der Waals surface area contributed by atoms with E-state index >= 15 is 0 Å². The number of carbonyl (C=O) groups excluding carboxylic acids is 1. The van der Waals surface area contributed by atoms with Crippen LogP contribution in [0.4, 0.5) is 0 Å². The van der Waals surface area contributed by atoms with E-state index in [1.165, 1.54) is 10.5 Å². The summed E-state index contributed by atoms with van der Waals surface area (Å²) in [5.74, 6) is 1.09. The monoisotopic (exact) mass is 391 g/mol. The van der Waals surface area contributed by atoms with Gasteiger partial charge >= 0.3 is 0 Å². The van der Waals surface area contributed by atoms with E-state index < -0.39 is 0 Å². The minimum absolute atomic E-state index is 0.0360. The molecule has 1 aliphatic heterocycles. The van der Waals surface area contributed by atoms with Crippen molar-refractivity contribution in [1.29, 1.82) is 0 Å². The molecule has 2 heterocycles. The van der Waals surface area contributed by atoms with Gasteiger partial charge in [-0.15, -0.1) is 11.8 Å². The van der Waals surface area contributed by atoms with Crippen LogP contribution in [0.1, 0.15) is 30.4 Å². The number of likely N-dealkylation sites (N-methyl/N-ethyl adjacent to an activating group) is 1. The molecule has 0 bridgehead atoms. The Hall–Kier alpha value is -2.53. The molecule has 2 aromatic carbocycles. The summed E-state index contributed by atoms with van der Waals surface area (Å²) in [5, 5.41) is 2.94. The van der Waals surface area contributed by atoms with Crippen molar-refractivity contribution < 1.29 is 4.79 Å². The summed E-state index contributed by atoms with van der Waals surface area (Å²) >= 11 is 1.73. The second-order valence-electron chi connectivity index (χ2n) is 7.00. The molecule has 144 valence electrons. The van der Waals surface area contributed by atoms with Crippen LogP contribution in [-0.2, 0) is 24.1 Å². The SMILES string of the molecule is CCNC(=O)Cc1c(-c2ccc(SC)cc2)nc2n1-c1ccccc1CCC2. The fourth-order valence-electron chi connectivity index (χ4n) is 3.89. The van der Waals surface area contributed by atoms with Crippen molar-refractivity contribution in [3.05, 3.63) is 65.6 Å². The summed E-state index contributed by atoms with van der Waals surface area (Å²) in [6.07, 6.45) is 5.43. The number of thioether (sulfide) groups is 1. The highest BCUT2D eigenvalue weighted by molar-refractivity contribution is 7.98. The van der Waals surface area contributed by atoms with Crippen LogP contribution >= 0.6 is 11.8 Å². The van der Waals surface area contributed by atoms with Crippen molar-refractivity contribution in [1.82, 2.24) is 14.9 Å². The minimum Gasteiger partial charge on any atom is -0.356 e. The Morgan fingerprint density at radius 2 is 1.93 bits per heavy atom. The molecule has 0 unspecified atom stereocenters. The molecule has 1 amide bonds. The van der Waals surface area contributed by atoms with Crippen molar-refractivity contribution in [2.24, 2.45) is 0 Å². The van der Waals surface area contributed by atoms with Crippen molar-refractivity contribution in [3.63, 3.8) is 0 Å². The quantitative estimate of drug-likeness (QED) is 0.655. The third-order valence-corrected chi connectivity index (χ3v) is 5.93. The Bertz CT molecular complexity index is 992. The van der Waals surface area contributed by atoms with Gasteiger partial charge in [0, 0.05) is 23.4 Å². The zero-order chi connectivity index (χ0) is 19.5. The summed E-state index contributed by atoms with van der Waals surface area (Å²) < 4.78 is 2.23. The lowest BCUT2D eigenvalue weighted by Gasteiger charge is -2.14. The van der Waals surface area contributed by atoms with Gasteiger partial charge in [-0.3, -0.25) is 9.36 Å². The third kappa shape index (κ3) is 3.59. The predicted molar refractivity (Wildman–Crippen MR) is 115 cm³/mol. The van der Waals surface area contributed by atoms with Crippen molar-refractivity contribution in [2.75, 3.05) is 12.8 Å². The number of nitrogens with zero attached hydrogens (tertiary/aromatic N) is 2. The summed E-state index contributed by atoms with van der Waals surface area (Å²) in [4.78, 5) is 18.8. The highest BCUT2D eigenvalue weighted by Gasteiger charge is 2.24. The first-order valence-electron chi connectivity index (χ1n) is 9.81. The summed E-state index contributed by atoms with van der Waals surface area (Å²) in [5.41, 5.74) is 5.45. The first-order valence-corrected chi connectivity index (χ1v) is 11.0. The second kappa shape index (κ2) is 8.23. The Morgan fingerprint density at radius 1 is 1.14 bits per heavy atom. The smallest absolute Gasteiger partial charge is 0.226 e. The Morgan fingerprint density at radius 3 is 2.68 bits per heavy atom. The number of hydrogen-bond acceptors (Lipinski definition) is 3. The average Bonchev–Trinajstić information content (AvgIpc) is 2.95. The van der Waals surface area contributed by atoms with Gasteiger partial charge in [0.25, 0.3) is 0 Å². The number of amides is 1. The maximum absolute atomic E-state index is 12.5. The lowest BCUT2D eigenvalue weighted by Crippen LogP contribution is -2.25. The third-order valence-electron chi connectivity index (χ3n) is 5.19. The summed E-state index contributed by atoms with van der Waals surface area (Å²) in [7, 11) is 0. The lowest BCUT2D eigenvalue weighted by molar-refractivity contribution is -0.120. The molecule has 28 heavy (non-hydrogen) atoms. The van der Waals surface area contributed by atoms with Crippen molar-refractivity contribution >= 4 is 17.7 Å². The molecular formula is C23H25N3OS. The van der Waals surface area contributed by atoms with Gasteiger partial charge in [-0.25, -0.2) is 4.98 Å². The molecule has 1 aromatic heterocycles. The van der Waals surface area contributed by atoms with Crippen molar-refractivity contribution in [2.45, 2.75) is 37.5 Å². The summed E-state index contributed by atoms with van der Waals surface area (Å²) in [6.45, 7) is 2.58. The number of fused-ring (bicyclic) bond motifs is 3. The van der Waals surface area contributed by atoms with Crippen LogP contribution < -0.4 is 5.32 Å². The molecule has 4 nitrogen and oxygen atoms in total. The van der Waals surface area contributed by atoms with Crippen LogP contribution in [0.2, 0.25) is 0 Å². The van der Waals surface area contributed by atoms with Gasteiger partial charge in [0.15, 0.2) is 0 Å². The van der Waals surface area contributed by atoms with E-state index in [0.717, 1.165) is 47.7 Å². The molecule has 0 atom stereocenters. The predicted octanol–water partition coefficient (Wildman–Crippen LogP) is 4.43. The van der Waals surface area contributed by atoms with E-state index in [2.05, 4.69) is 64.7 Å². The zero-order valence-electron chi connectivity index (χ0n) is 16.4. The van der Waals surface area contributed by atoms with Crippen LogP contribution in [0, 0.1) is 0 Å². The molecule has 5 heteroatoms. The molecule has 0 aliphatic carbocycles. The molecule has 0 fully saturated rings. The highest BCUT2D eigenvalue weighted by atomic mass is 32.2. The number of aromatic nitrogens is 2. The lowest BCUT2D eigenvalue weighted by atomic mass is 10.1. The molecule has 4 rings (SSSR count). The topological polar surface area (TPSA) is 46.9 Å². The number of aryl methyl sites for hydroxylation is 2. The van der Waals surface area contributed by atoms with E-state index in [9.17, 15) is 4.79 Å². The number of para-hydroxylation sites is 1. The van der Waals surface area contributed by atoms with E-state index in [0.29, 0.717) is 13.0 Å². The molecule has 0 radical (unpaired) electrons. The van der Waals surface area contributed by atoms with Crippen LogP contribution in [0.5, 0.6) is 0 Å². The first-order chi connectivity index (χ1) is 13.7. The number of carbonyl (C=O) groups is 1. The van der Waals surface area contributed by atoms with Gasteiger partial charge in [0.05, 0.1) is 23.5 Å². The van der Waals surface area contributed by atoms with Crippen molar-refractivity contribution in [3.8, 4) is 16.9 Å². The van der Waals surface area contributed by atoms with Crippen LogP contribution in [-0.4, -0.2) is 28.3 Å². The van der Waals surface area contributed by atoms with Gasteiger partial charge in [0.1, 0.15) is 5.82 Å². The van der Waals surface area contributed by atoms with E-state index in [1.807, 2.05) is 6.92 Å². The second-order valence-corrected chi connectivity index (χ2v) is 7.88. The maximum Gasteiger partial charge on any atom is 0.226 e. The fourth-order valence-corrected chi connectivity index (χ4v) is 4.30. The van der Waals surface area contributed by atoms with Crippen LogP contribution in [0.25, 0.3) is 16.9 Å². The highest BCUT2D eigenvalue weighted by Crippen LogP contribution is 2.33. The van der Waals surface area contributed by atoms with Crippen LogP contribution in [0.15, 0.2) is 53.4 Å². The van der Waals surface area contributed by atoms with Gasteiger partial charge < -0.3 is 5.32 Å². The number of benzene rings is 2. The number of nitrogens with one attached hydrogen (secondary N) is 1. The first kappa shape index (κ1) is 18.8.